The minimum absolute atomic E-state index is 0.0354. The number of anilines is 1. The van der Waals surface area contributed by atoms with E-state index in [1.54, 1.807) is 6.20 Å². The zero-order valence-corrected chi connectivity index (χ0v) is 11.4. The van der Waals surface area contributed by atoms with Crippen LogP contribution in [0, 0.1) is 6.92 Å². The molecular weight excluding hydrogens is 272 g/mol. The van der Waals surface area contributed by atoms with Crippen LogP contribution in [0.3, 0.4) is 0 Å². The van der Waals surface area contributed by atoms with Gasteiger partial charge in [0.25, 0.3) is 0 Å². The summed E-state index contributed by atoms with van der Waals surface area (Å²) in [6.07, 6.45) is 1.56. The molecule has 1 atom stereocenters. The first kappa shape index (κ1) is 13.3. The highest BCUT2D eigenvalue weighted by Crippen LogP contribution is 2.29. The van der Waals surface area contributed by atoms with Gasteiger partial charge in [0.1, 0.15) is 6.10 Å². The number of hydrogen-bond donors (Lipinski definition) is 1. The van der Waals surface area contributed by atoms with Crippen molar-refractivity contribution in [1.29, 1.82) is 0 Å². The van der Waals surface area contributed by atoms with Gasteiger partial charge < -0.3 is 15.2 Å². The first-order chi connectivity index (χ1) is 7.56. The first-order valence-corrected chi connectivity index (χ1v) is 6.00. The molecule has 90 valence electrons. The van der Waals surface area contributed by atoms with Crippen LogP contribution in [0.2, 0.25) is 0 Å². The van der Waals surface area contributed by atoms with Crippen LogP contribution in [0.5, 0.6) is 5.88 Å². The van der Waals surface area contributed by atoms with Gasteiger partial charge in [-0.05, 0) is 42.3 Å². The minimum Gasteiger partial charge on any atom is -0.471 e. The maximum atomic E-state index is 5.73. The van der Waals surface area contributed by atoms with Crippen LogP contribution in [0.15, 0.2) is 10.7 Å². The van der Waals surface area contributed by atoms with Gasteiger partial charge >= 0.3 is 0 Å². The summed E-state index contributed by atoms with van der Waals surface area (Å²) in [7, 11) is 0. The summed E-state index contributed by atoms with van der Waals surface area (Å²) in [6, 6.07) is 0. The SMILES string of the molecule is CCOCC(C)Oc1ncc(N)c(C)c1Br. The van der Waals surface area contributed by atoms with Crippen molar-refractivity contribution in [3.63, 3.8) is 0 Å². The molecule has 16 heavy (non-hydrogen) atoms. The van der Waals surface area contributed by atoms with E-state index in [-0.39, 0.29) is 6.10 Å². The van der Waals surface area contributed by atoms with Crippen molar-refractivity contribution in [2.75, 3.05) is 18.9 Å². The van der Waals surface area contributed by atoms with E-state index in [9.17, 15) is 0 Å². The van der Waals surface area contributed by atoms with Crippen molar-refractivity contribution in [3.8, 4) is 5.88 Å². The lowest BCUT2D eigenvalue weighted by Crippen LogP contribution is -2.20. The normalized spacial score (nSPS) is 12.5. The van der Waals surface area contributed by atoms with E-state index in [4.69, 9.17) is 15.2 Å². The van der Waals surface area contributed by atoms with E-state index in [2.05, 4.69) is 20.9 Å². The summed E-state index contributed by atoms with van der Waals surface area (Å²) in [5.41, 5.74) is 7.32. The second-order valence-electron chi connectivity index (χ2n) is 3.55. The number of ether oxygens (including phenoxy) is 2. The standard InChI is InChI=1S/C11H17BrN2O2/c1-4-15-6-7(2)16-11-10(12)8(3)9(13)5-14-11/h5,7H,4,6,13H2,1-3H3. The van der Waals surface area contributed by atoms with Gasteiger partial charge in [-0.1, -0.05) is 0 Å². The Kier molecular flexibility index (Phi) is 5.02. The van der Waals surface area contributed by atoms with Gasteiger partial charge in [-0.3, -0.25) is 0 Å². The molecular formula is C11H17BrN2O2. The number of halogens is 1. The second-order valence-corrected chi connectivity index (χ2v) is 4.34. The molecule has 1 aromatic heterocycles. The van der Waals surface area contributed by atoms with Crippen LogP contribution in [0.25, 0.3) is 0 Å². The number of nitrogens with zero attached hydrogens (tertiary/aromatic N) is 1. The lowest BCUT2D eigenvalue weighted by atomic mass is 10.2. The van der Waals surface area contributed by atoms with Gasteiger partial charge in [0, 0.05) is 6.61 Å². The molecule has 2 N–H and O–H groups in total. The molecule has 0 bridgehead atoms. The number of nitrogens with two attached hydrogens (primary N) is 1. The highest BCUT2D eigenvalue weighted by molar-refractivity contribution is 9.10. The lowest BCUT2D eigenvalue weighted by Gasteiger charge is -2.15. The summed E-state index contributed by atoms with van der Waals surface area (Å²) in [4.78, 5) is 4.14. The molecule has 0 saturated carbocycles. The molecule has 1 aromatic rings. The Hall–Kier alpha value is -0.810. The fraction of sp³-hybridized carbons (Fsp3) is 0.545. The van der Waals surface area contributed by atoms with Gasteiger partial charge in [-0.25, -0.2) is 4.98 Å². The Morgan fingerprint density at radius 3 is 2.88 bits per heavy atom. The highest BCUT2D eigenvalue weighted by atomic mass is 79.9. The van der Waals surface area contributed by atoms with Gasteiger partial charge in [0.15, 0.2) is 0 Å². The van der Waals surface area contributed by atoms with E-state index >= 15 is 0 Å². The fourth-order valence-electron chi connectivity index (χ4n) is 1.16. The molecule has 4 nitrogen and oxygen atoms in total. The molecule has 1 rings (SSSR count). The maximum Gasteiger partial charge on any atom is 0.228 e. The average Bonchev–Trinajstić information content (AvgIpc) is 2.27. The van der Waals surface area contributed by atoms with Gasteiger partial charge in [0.05, 0.1) is 23.0 Å². The number of nitrogen functional groups attached to an aromatic ring is 1. The van der Waals surface area contributed by atoms with Crippen molar-refractivity contribution in [2.45, 2.75) is 26.9 Å². The lowest BCUT2D eigenvalue weighted by molar-refractivity contribution is 0.0629. The third-order valence-electron chi connectivity index (χ3n) is 2.14. The molecule has 0 aromatic carbocycles. The third-order valence-corrected chi connectivity index (χ3v) is 3.07. The second kappa shape index (κ2) is 6.06. The Balaban J connectivity index is 2.70. The summed E-state index contributed by atoms with van der Waals surface area (Å²) in [5.74, 6) is 0.555. The number of pyridine rings is 1. The number of aromatic nitrogens is 1. The summed E-state index contributed by atoms with van der Waals surface area (Å²) in [6.45, 7) is 7.04. The van der Waals surface area contributed by atoms with E-state index in [0.717, 1.165) is 10.0 Å². The predicted octanol–water partition coefficient (Wildman–Crippen LogP) is 2.54. The molecule has 0 aliphatic heterocycles. The summed E-state index contributed by atoms with van der Waals surface area (Å²) in [5, 5.41) is 0. The summed E-state index contributed by atoms with van der Waals surface area (Å²) < 4.78 is 11.7. The van der Waals surface area contributed by atoms with Crippen molar-refractivity contribution in [2.24, 2.45) is 0 Å². The molecule has 0 aliphatic carbocycles. The molecule has 0 amide bonds. The van der Waals surface area contributed by atoms with Crippen molar-refractivity contribution >= 4 is 21.6 Å². The molecule has 0 saturated heterocycles. The van der Waals surface area contributed by atoms with Crippen LogP contribution in [0.4, 0.5) is 5.69 Å². The topological polar surface area (TPSA) is 57.4 Å². The van der Waals surface area contributed by atoms with E-state index in [1.165, 1.54) is 0 Å². The highest BCUT2D eigenvalue weighted by Gasteiger charge is 2.11. The quantitative estimate of drug-likeness (QED) is 0.905. The zero-order valence-electron chi connectivity index (χ0n) is 9.79. The first-order valence-electron chi connectivity index (χ1n) is 5.21. The number of hydrogen-bond acceptors (Lipinski definition) is 4. The predicted molar refractivity (Wildman–Crippen MR) is 67.7 cm³/mol. The molecule has 1 unspecified atom stereocenters. The van der Waals surface area contributed by atoms with Crippen LogP contribution in [0.1, 0.15) is 19.4 Å². The number of rotatable bonds is 5. The van der Waals surface area contributed by atoms with Crippen LogP contribution in [-0.4, -0.2) is 24.3 Å². The van der Waals surface area contributed by atoms with Gasteiger partial charge in [0.2, 0.25) is 5.88 Å². The molecule has 0 aliphatic rings. The average molecular weight is 289 g/mol. The van der Waals surface area contributed by atoms with Crippen molar-refractivity contribution in [3.05, 3.63) is 16.2 Å². The van der Waals surface area contributed by atoms with E-state index < -0.39 is 0 Å². The zero-order chi connectivity index (χ0) is 12.1. The maximum absolute atomic E-state index is 5.73. The minimum atomic E-state index is -0.0354. The Morgan fingerprint density at radius 2 is 2.25 bits per heavy atom. The van der Waals surface area contributed by atoms with Crippen LogP contribution in [-0.2, 0) is 4.74 Å². The smallest absolute Gasteiger partial charge is 0.228 e. The molecule has 0 spiro atoms. The summed E-state index contributed by atoms with van der Waals surface area (Å²) >= 11 is 3.42. The Labute approximate surface area is 104 Å². The van der Waals surface area contributed by atoms with E-state index in [1.807, 2.05) is 20.8 Å². The molecule has 0 fully saturated rings. The van der Waals surface area contributed by atoms with Gasteiger partial charge in [-0.2, -0.15) is 0 Å². The largest absolute Gasteiger partial charge is 0.471 e. The monoisotopic (exact) mass is 288 g/mol. The molecule has 1 heterocycles. The fourth-order valence-corrected chi connectivity index (χ4v) is 1.58. The van der Waals surface area contributed by atoms with Crippen molar-refractivity contribution in [1.82, 2.24) is 4.98 Å². The van der Waals surface area contributed by atoms with E-state index in [0.29, 0.717) is 24.8 Å². The van der Waals surface area contributed by atoms with Gasteiger partial charge in [-0.15, -0.1) is 0 Å². The van der Waals surface area contributed by atoms with Crippen molar-refractivity contribution < 1.29 is 9.47 Å². The molecule has 5 heteroatoms. The Bertz CT molecular complexity index is 358. The molecule has 0 radical (unpaired) electrons. The van der Waals surface area contributed by atoms with Crippen LogP contribution < -0.4 is 10.5 Å². The Morgan fingerprint density at radius 1 is 1.56 bits per heavy atom. The third kappa shape index (κ3) is 3.35. The van der Waals surface area contributed by atoms with Crippen LogP contribution >= 0.6 is 15.9 Å².